The molecule has 1 aliphatic heterocycles. The fourth-order valence-electron chi connectivity index (χ4n) is 2.40. The first kappa shape index (κ1) is 15.1. The van der Waals surface area contributed by atoms with Crippen LogP contribution in [0.15, 0.2) is 29.3 Å². The molecule has 8 heteroatoms. The highest BCUT2D eigenvalue weighted by molar-refractivity contribution is 7.89. The van der Waals surface area contributed by atoms with Gasteiger partial charge in [0.25, 0.3) is 0 Å². The van der Waals surface area contributed by atoms with E-state index in [0.29, 0.717) is 11.4 Å². The molecule has 0 aliphatic carbocycles. The Kier molecular flexibility index (Phi) is 3.75. The van der Waals surface area contributed by atoms with E-state index < -0.39 is 16.0 Å². The van der Waals surface area contributed by atoms with Crippen LogP contribution >= 0.6 is 11.3 Å². The zero-order valence-electron chi connectivity index (χ0n) is 12.1. The van der Waals surface area contributed by atoms with Crippen LogP contribution in [0.5, 0.6) is 0 Å². The number of carbonyl (C=O) groups excluding carboxylic acids is 1. The fraction of sp³-hybridized carbons (Fsp3) is 0.286. The Morgan fingerprint density at radius 1 is 1.41 bits per heavy atom. The first-order chi connectivity index (χ1) is 10.4. The van der Waals surface area contributed by atoms with Crippen molar-refractivity contribution in [2.45, 2.75) is 24.9 Å². The number of fused-ring (bicyclic) bond motifs is 1. The van der Waals surface area contributed by atoms with E-state index in [1.807, 2.05) is 6.07 Å². The van der Waals surface area contributed by atoms with E-state index in [0.717, 1.165) is 22.6 Å². The fourth-order valence-corrected chi connectivity index (χ4v) is 5.26. The number of pyridine rings is 1. The minimum absolute atomic E-state index is 0.158. The number of ether oxygens (including phenoxy) is 1. The van der Waals surface area contributed by atoms with Crippen molar-refractivity contribution in [1.29, 1.82) is 0 Å². The monoisotopic (exact) mass is 338 g/mol. The summed E-state index contributed by atoms with van der Waals surface area (Å²) in [6.07, 6.45) is 1.65. The van der Waals surface area contributed by atoms with Crippen molar-refractivity contribution < 1.29 is 17.9 Å². The van der Waals surface area contributed by atoms with Gasteiger partial charge in [0.1, 0.15) is 4.88 Å². The number of thiophene rings is 1. The summed E-state index contributed by atoms with van der Waals surface area (Å²) in [4.78, 5) is 16.8. The molecular weight excluding hydrogens is 324 g/mol. The Morgan fingerprint density at radius 2 is 2.18 bits per heavy atom. The maximum absolute atomic E-state index is 12.8. The number of aryl methyl sites for hydroxylation is 1. The molecule has 22 heavy (non-hydrogen) atoms. The Bertz CT molecular complexity index is 817. The van der Waals surface area contributed by atoms with Crippen molar-refractivity contribution in [2.24, 2.45) is 0 Å². The Morgan fingerprint density at radius 3 is 2.86 bits per heavy atom. The van der Waals surface area contributed by atoms with E-state index in [-0.39, 0.29) is 16.3 Å². The lowest BCUT2D eigenvalue weighted by atomic mass is 10.2. The number of nitrogens with zero attached hydrogens (tertiary/aromatic N) is 2. The number of methoxy groups -OCH3 is 1. The van der Waals surface area contributed by atoms with E-state index in [9.17, 15) is 13.2 Å². The van der Waals surface area contributed by atoms with Gasteiger partial charge in [-0.05, 0) is 24.6 Å². The molecule has 0 radical (unpaired) electrons. The van der Waals surface area contributed by atoms with E-state index in [1.165, 1.54) is 17.5 Å². The SMILES string of the molecule is COC(=O)c1cc(S(=O)(=O)N2Cc3cccnc3C2)c(C)s1. The largest absolute Gasteiger partial charge is 0.465 e. The van der Waals surface area contributed by atoms with Gasteiger partial charge < -0.3 is 4.74 Å². The van der Waals surface area contributed by atoms with E-state index in [1.54, 1.807) is 19.2 Å². The summed E-state index contributed by atoms with van der Waals surface area (Å²) >= 11 is 1.12. The molecule has 0 amide bonds. The number of rotatable bonds is 3. The van der Waals surface area contributed by atoms with Gasteiger partial charge in [-0.1, -0.05) is 6.07 Å². The first-order valence-corrected chi connectivity index (χ1v) is 8.81. The van der Waals surface area contributed by atoms with Gasteiger partial charge in [-0.2, -0.15) is 4.31 Å². The molecule has 0 bridgehead atoms. The van der Waals surface area contributed by atoms with Crippen molar-refractivity contribution in [2.75, 3.05) is 7.11 Å². The van der Waals surface area contributed by atoms with Crippen LogP contribution in [-0.2, 0) is 27.8 Å². The van der Waals surface area contributed by atoms with Gasteiger partial charge in [0.2, 0.25) is 10.0 Å². The van der Waals surface area contributed by atoms with Crippen LogP contribution < -0.4 is 0 Å². The standard InChI is InChI=1S/C14H14N2O4S2/c1-9-13(6-12(21-9)14(17)20-2)22(18,19)16-7-10-4-3-5-15-11(10)8-16/h3-6H,7-8H2,1-2H3. The Labute approximate surface area is 132 Å². The lowest BCUT2D eigenvalue weighted by Gasteiger charge is -2.14. The van der Waals surface area contributed by atoms with Gasteiger partial charge in [0.05, 0.1) is 24.2 Å². The molecule has 116 valence electrons. The van der Waals surface area contributed by atoms with Gasteiger partial charge in [0.15, 0.2) is 0 Å². The molecule has 2 aromatic heterocycles. The second-order valence-electron chi connectivity index (χ2n) is 4.90. The maximum atomic E-state index is 12.8. The topological polar surface area (TPSA) is 76.6 Å². The number of sulfonamides is 1. The van der Waals surface area contributed by atoms with E-state index in [2.05, 4.69) is 9.72 Å². The summed E-state index contributed by atoms with van der Waals surface area (Å²) in [7, 11) is -2.39. The third-order valence-electron chi connectivity index (χ3n) is 3.53. The van der Waals surface area contributed by atoms with Crippen LogP contribution in [0.2, 0.25) is 0 Å². The maximum Gasteiger partial charge on any atom is 0.348 e. The lowest BCUT2D eigenvalue weighted by Crippen LogP contribution is -2.25. The van der Waals surface area contributed by atoms with Gasteiger partial charge >= 0.3 is 5.97 Å². The highest BCUT2D eigenvalue weighted by atomic mass is 32.2. The number of esters is 1. The van der Waals surface area contributed by atoms with Crippen LogP contribution in [0.4, 0.5) is 0 Å². The molecule has 0 fully saturated rings. The molecule has 6 nitrogen and oxygen atoms in total. The first-order valence-electron chi connectivity index (χ1n) is 6.55. The molecule has 3 rings (SSSR count). The van der Waals surface area contributed by atoms with Gasteiger partial charge in [0, 0.05) is 17.6 Å². The van der Waals surface area contributed by atoms with Crippen LogP contribution in [0.25, 0.3) is 0 Å². The summed E-state index contributed by atoms with van der Waals surface area (Å²) < 4.78 is 31.6. The quantitative estimate of drug-likeness (QED) is 0.800. The molecule has 0 N–H and O–H groups in total. The Balaban J connectivity index is 1.95. The summed E-state index contributed by atoms with van der Waals surface area (Å²) in [5.74, 6) is -0.527. The zero-order chi connectivity index (χ0) is 15.9. The molecule has 0 saturated carbocycles. The lowest BCUT2D eigenvalue weighted by molar-refractivity contribution is 0.0606. The molecule has 0 spiro atoms. The molecule has 2 aromatic rings. The third kappa shape index (κ3) is 2.43. The van der Waals surface area contributed by atoms with Gasteiger partial charge in [-0.25, -0.2) is 13.2 Å². The highest BCUT2D eigenvalue weighted by Gasteiger charge is 2.33. The number of hydrogen-bond donors (Lipinski definition) is 0. The Hall–Kier alpha value is -1.77. The van der Waals surface area contributed by atoms with E-state index >= 15 is 0 Å². The molecule has 3 heterocycles. The third-order valence-corrected chi connectivity index (χ3v) is 6.61. The van der Waals surface area contributed by atoms with Crippen molar-refractivity contribution >= 4 is 27.3 Å². The predicted molar refractivity (Wildman–Crippen MR) is 81.1 cm³/mol. The van der Waals surface area contributed by atoms with Gasteiger partial charge in [-0.3, -0.25) is 4.98 Å². The second-order valence-corrected chi connectivity index (χ2v) is 8.07. The molecule has 0 saturated heterocycles. The van der Waals surface area contributed by atoms with E-state index in [4.69, 9.17) is 0 Å². The zero-order valence-corrected chi connectivity index (χ0v) is 13.7. The predicted octanol–water partition coefficient (Wildman–Crippen LogP) is 1.94. The second kappa shape index (κ2) is 5.45. The highest BCUT2D eigenvalue weighted by Crippen LogP contribution is 2.32. The summed E-state index contributed by atoms with van der Waals surface area (Å²) in [6, 6.07) is 5.05. The van der Waals surface area contributed by atoms with Crippen molar-refractivity contribution in [3.63, 3.8) is 0 Å². The average molecular weight is 338 g/mol. The van der Waals surface area contributed by atoms with Crippen LogP contribution in [0, 0.1) is 6.92 Å². The van der Waals surface area contributed by atoms with Crippen molar-refractivity contribution in [1.82, 2.24) is 9.29 Å². The number of hydrogen-bond acceptors (Lipinski definition) is 6. The number of carbonyl (C=O) groups is 1. The molecule has 0 atom stereocenters. The number of aromatic nitrogens is 1. The minimum Gasteiger partial charge on any atom is -0.465 e. The minimum atomic E-state index is -3.66. The average Bonchev–Trinajstić information content (AvgIpc) is 3.10. The smallest absolute Gasteiger partial charge is 0.348 e. The van der Waals surface area contributed by atoms with Gasteiger partial charge in [-0.15, -0.1) is 11.3 Å². The van der Waals surface area contributed by atoms with Crippen LogP contribution in [0.3, 0.4) is 0 Å². The molecule has 0 unspecified atom stereocenters. The van der Waals surface area contributed by atoms with Crippen LogP contribution in [0.1, 0.15) is 25.8 Å². The molecule has 1 aliphatic rings. The normalized spacial score (nSPS) is 14.8. The van der Waals surface area contributed by atoms with Crippen molar-refractivity contribution in [3.05, 3.63) is 45.4 Å². The molecular formula is C14H14N2O4S2. The summed E-state index contributed by atoms with van der Waals surface area (Å²) in [6.45, 7) is 2.24. The summed E-state index contributed by atoms with van der Waals surface area (Å²) in [5.41, 5.74) is 1.68. The molecule has 0 aromatic carbocycles. The van der Waals surface area contributed by atoms with Crippen molar-refractivity contribution in [3.8, 4) is 0 Å². The van der Waals surface area contributed by atoms with Crippen LogP contribution in [-0.4, -0.2) is 30.8 Å². The summed E-state index contributed by atoms with van der Waals surface area (Å²) in [5, 5.41) is 0.